The minimum absolute atomic E-state index is 0. The zero-order valence-corrected chi connectivity index (χ0v) is 35.8. The van der Waals surface area contributed by atoms with Crippen LogP contribution < -0.4 is 48.0 Å². The van der Waals surface area contributed by atoms with Gasteiger partial charge in [0.25, 0.3) is 0 Å². The fourth-order valence-electron chi connectivity index (χ4n) is 0. The van der Waals surface area contributed by atoms with Crippen molar-refractivity contribution in [2.75, 3.05) is 0 Å². The zero-order chi connectivity index (χ0) is 17.9. The van der Waals surface area contributed by atoms with E-state index in [-0.39, 0.29) is 229 Å². The molecule has 0 rings (SSSR count). The molecule has 0 heterocycles. The summed E-state index contributed by atoms with van der Waals surface area (Å²) in [6, 6.07) is 0. The van der Waals surface area contributed by atoms with Crippen LogP contribution in [-0.2, 0) is 22.3 Å². The fraction of sp³-hybridized carbons (Fsp3) is 0. The van der Waals surface area contributed by atoms with Crippen molar-refractivity contribution in [3.05, 3.63) is 0 Å². The summed E-state index contributed by atoms with van der Waals surface area (Å²) in [5.41, 5.74) is 0. The minimum Gasteiger partial charge on any atom is -1.00 e. The Hall–Kier alpha value is 5.25. The molecule has 15 nitrogen and oxygen atoms in total. The van der Waals surface area contributed by atoms with Gasteiger partial charge in [-0.3, -0.25) is 0 Å². The minimum atomic E-state index is -3.63. The molecule has 0 aromatic heterocycles. The van der Waals surface area contributed by atoms with E-state index in [1.165, 1.54) is 0 Å². The molecule has 26 heavy (non-hydrogen) atoms. The van der Waals surface area contributed by atoms with Crippen LogP contribution in [0, 0.1) is 0 Å². The maximum Gasteiger partial charge on any atom is 3.00 e. The van der Waals surface area contributed by atoms with Crippen LogP contribution >= 0.6 is 0 Å². The molecule has 0 unspecified atom stereocenters. The van der Waals surface area contributed by atoms with Gasteiger partial charge >= 0.3 is 223 Å². The summed E-state index contributed by atoms with van der Waals surface area (Å²) in [5.74, 6) is 0. The van der Waals surface area contributed by atoms with Crippen LogP contribution in [0.2, 0.25) is 0 Å². The molecule has 0 atom stereocenters. The van der Waals surface area contributed by atoms with Gasteiger partial charge in [-0.05, 0) is 0 Å². The Kier molecular flexibility index (Phi) is 169. The van der Waals surface area contributed by atoms with Crippen molar-refractivity contribution in [1.82, 2.24) is 0 Å². The predicted molar refractivity (Wildman–Crippen MR) is 71.2 cm³/mol. The maximum absolute atomic E-state index is 8.52. The molecule has 0 aliphatic carbocycles. The van der Waals surface area contributed by atoms with E-state index in [4.69, 9.17) is 70.3 Å². The summed E-state index contributed by atoms with van der Waals surface area (Å²) in [4.78, 5) is 85.2. The van der Waals surface area contributed by atoms with E-state index in [0.29, 0.717) is 0 Å². The second-order valence-corrected chi connectivity index (χ2v) is 3.75. The molecule has 0 N–H and O–H groups in total. The van der Waals surface area contributed by atoms with E-state index in [1.807, 2.05) is 0 Å². The van der Waals surface area contributed by atoms with Gasteiger partial charge in [-0.1, -0.05) is 0 Å². The Bertz CT molecular complexity index is 248. The van der Waals surface area contributed by atoms with Gasteiger partial charge in [-0.2, -0.15) is 0 Å². The van der Waals surface area contributed by atoms with E-state index >= 15 is 0 Å². The summed E-state index contributed by atoms with van der Waals surface area (Å²) in [7, 11) is -18.1. The van der Waals surface area contributed by atoms with Crippen LogP contribution in [0.5, 0.6) is 0 Å². The third-order valence-electron chi connectivity index (χ3n) is 0. The largest absolute Gasteiger partial charge is 3.00 e. The monoisotopic (exact) mass is 889 g/mol. The predicted octanol–water partition coefficient (Wildman–Crippen LogP) is -16.2. The Labute approximate surface area is 336 Å². The fourth-order valence-corrected chi connectivity index (χ4v) is 0. The summed E-state index contributed by atoms with van der Waals surface area (Å²) in [6.07, 6.45) is 0. The Morgan fingerprint density at radius 2 is 0.385 bits per heavy atom. The summed E-state index contributed by atoms with van der Waals surface area (Å²) in [5, 5.41) is 0. The quantitative estimate of drug-likeness (QED) is 0.204. The van der Waals surface area contributed by atoms with Crippen LogP contribution in [0.1, 0.15) is 5.71 Å². The molecule has 0 aliphatic heterocycles. The molecule has 0 aliphatic rings. The Morgan fingerprint density at radius 1 is 0.385 bits per heavy atom. The van der Waals surface area contributed by atoms with E-state index < -0.39 is 45.9 Å². The Balaban J connectivity index is -0.00000000666. The molecule has 0 bridgehead atoms. The van der Waals surface area contributed by atoms with Crippen molar-refractivity contribution in [2.45, 2.75) is 0 Å². The van der Waals surface area contributed by atoms with Crippen molar-refractivity contribution in [3.63, 3.8) is 0 Å². The van der Waals surface area contributed by atoms with Gasteiger partial charge in [0.15, 0.2) is 0 Å². The standard InChI is InChI=1S/2Al.2Ba.5O3Si.2Sr.4H/c;;;;5*1-4(2)3;;;;;;/q2*+3;2*+2;5*-2;2*+2;4*-1. The van der Waals surface area contributed by atoms with Crippen LogP contribution in [0.4, 0.5) is 0 Å². The third-order valence-corrected chi connectivity index (χ3v) is 0. The smallest absolute Gasteiger partial charge is 1.00 e. The van der Waals surface area contributed by atoms with Crippen molar-refractivity contribution in [3.8, 4) is 0 Å². The topological polar surface area (TPSA) is 316 Å². The van der Waals surface area contributed by atoms with E-state index in [1.54, 1.807) is 0 Å². The van der Waals surface area contributed by atoms with Crippen LogP contribution in [0.3, 0.4) is 0 Å². The van der Waals surface area contributed by atoms with Gasteiger partial charge in [0.2, 0.25) is 0 Å². The molecule has 0 radical (unpaired) electrons. The molecular weight excluding hydrogens is 884 g/mol. The van der Waals surface area contributed by atoms with Crippen molar-refractivity contribution in [1.29, 1.82) is 0 Å². The maximum atomic E-state index is 8.52. The van der Waals surface area contributed by atoms with Crippen LogP contribution in [-0.4, -0.2) is 269 Å². The van der Waals surface area contributed by atoms with E-state index in [2.05, 4.69) is 0 Å². The van der Waals surface area contributed by atoms with Gasteiger partial charge in [-0.15, -0.1) is 0 Å². The van der Waals surface area contributed by atoms with Crippen LogP contribution in [0.25, 0.3) is 0 Å². The molecule has 0 aromatic rings. The molecule has 0 fully saturated rings. The normalized spacial score (nSPS) is 4.62. The van der Waals surface area contributed by atoms with E-state index in [0.717, 1.165) is 0 Å². The van der Waals surface area contributed by atoms with Crippen molar-refractivity contribution < 1.29 is 76.0 Å². The molecule has 26 heteroatoms. The summed E-state index contributed by atoms with van der Waals surface area (Å²) < 4.78 is 42.6. The molecular formula is H4Al2Ba2O15Si5Sr2. The zero-order valence-electron chi connectivity index (χ0n) is 16.6. The average molecular weight is 888 g/mol. The SMILES string of the molecule is O=[Si]([O-])[O-].O=[Si]([O-])[O-].O=[Si]([O-])[O-].O=[Si]([O-])[O-].O=[Si]([O-])[O-].[Al+3].[Al+3].[Ba+2].[Ba+2].[H-].[H-].[H-].[H-].[Sr+2].[Sr+2]. The number of hydrogen-bond acceptors (Lipinski definition) is 15. The number of rotatable bonds is 0. The van der Waals surface area contributed by atoms with Crippen LogP contribution in [0.15, 0.2) is 0 Å². The first-order chi connectivity index (χ1) is 8.66. The summed E-state index contributed by atoms with van der Waals surface area (Å²) >= 11 is 0. The van der Waals surface area contributed by atoms with Gasteiger partial charge in [-0.25, -0.2) is 0 Å². The Morgan fingerprint density at radius 3 is 0.385 bits per heavy atom. The first-order valence-electron chi connectivity index (χ1n) is 3.06. The number of hydrogen-bond donors (Lipinski definition) is 0. The van der Waals surface area contributed by atoms with Gasteiger partial charge in [0.05, 0.1) is 0 Å². The van der Waals surface area contributed by atoms with Gasteiger partial charge in [0.1, 0.15) is 0 Å². The van der Waals surface area contributed by atoms with Crippen molar-refractivity contribution in [2.24, 2.45) is 0 Å². The third kappa shape index (κ3) is 846. The molecule has 128 valence electrons. The van der Waals surface area contributed by atoms with Crippen molar-refractivity contribution >= 4 is 269 Å². The molecule has 0 aromatic carbocycles. The molecule has 0 saturated carbocycles. The molecule has 0 spiro atoms. The second kappa shape index (κ2) is 63.1. The first kappa shape index (κ1) is 69.7. The molecule has 0 amide bonds. The summed E-state index contributed by atoms with van der Waals surface area (Å²) in [6.45, 7) is 0. The first-order valence-corrected chi connectivity index (χ1v) is 9.19. The molecule has 0 saturated heterocycles. The second-order valence-electron chi connectivity index (χ2n) is 1.25. The van der Waals surface area contributed by atoms with Gasteiger partial charge < -0.3 is 76.0 Å². The van der Waals surface area contributed by atoms with E-state index in [9.17, 15) is 0 Å². The van der Waals surface area contributed by atoms with Gasteiger partial charge in [0, 0.05) is 45.9 Å². The average Bonchev–Trinajstić information content (AvgIpc) is 1.94.